The molecule has 0 fully saturated rings. The first kappa shape index (κ1) is 12.8. The standard InChI is InChI=1S/C14H17N5O/c1-14(2,15-3)13-18-12(19-20-13)8-11-16-9-6-4-5-7-10(9)17-11/h4-7,15H,8H2,1-3H3,(H,16,17). The second-order valence-electron chi connectivity index (χ2n) is 5.27. The van der Waals surface area contributed by atoms with Crippen molar-refractivity contribution in [3.63, 3.8) is 0 Å². The minimum Gasteiger partial charge on any atom is -0.342 e. The van der Waals surface area contributed by atoms with E-state index in [9.17, 15) is 0 Å². The topological polar surface area (TPSA) is 79.6 Å². The number of para-hydroxylation sites is 2. The maximum Gasteiger partial charge on any atom is 0.246 e. The molecule has 1 aromatic carbocycles. The van der Waals surface area contributed by atoms with E-state index in [2.05, 4.69) is 25.4 Å². The predicted octanol–water partition coefficient (Wildman–Crippen LogP) is 1.99. The molecule has 3 aromatic rings. The average molecular weight is 271 g/mol. The average Bonchev–Trinajstić information content (AvgIpc) is 3.05. The Morgan fingerprint density at radius 3 is 2.80 bits per heavy atom. The molecule has 6 nitrogen and oxygen atoms in total. The van der Waals surface area contributed by atoms with Gasteiger partial charge in [0.05, 0.1) is 23.0 Å². The molecule has 0 aliphatic carbocycles. The fourth-order valence-electron chi connectivity index (χ4n) is 1.93. The molecule has 0 spiro atoms. The zero-order valence-corrected chi connectivity index (χ0v) is 11.8. The Hall–Kier alpha value is -2.21. The lowest BCUT2D eigenvalue weighted by Crippen LogP contribution is -2.33. The quantitative estimate of drug-likeness (QED) is 0.758. The van der Waals surface area contributed by atoms with Crippen LogP contribution in [0.25, 0.3) is 11.0 Å². The van der Waals surface area contributed by atoms with Crippen LogP contribution in [-0.4, -0.2) is 27.2 Å². The third kappa shape index (κ3) is 2.30. The van der Waals surface area contributed by atoms with Crippen molar-refractivity contribution in [2.24, 2.45) is 0 Å². The minimum absolute atomic E-state index is 0.334. The van der Waals surface area contributed by atoms with E-state index in [-0.39, 0.29) is 5.54 Å². The van der Waals surface area contributed by atoms with Gasteiger partial charge in [-0.3, -0.25) is 0 Å². The van der Waals surface area contributed by atoms with E-state index < -0.39 is 0 Å². The lowest BCUT2D eigenvalue weighted by atomic mass is 10.1. The van der Waals surface area contributed by atoms with E-state index >= 15 is 0 Å². The summed E-state index contributed by atoms with van der Waals surface area (Å²) in [5, 5.41) is 7.15. The smallest absolute Gasteiger partial charge is 0.246 e. The highest BCUT2D eigenvalue weighted by Crippen LogP contribution is 2.18. The summed E-state index contributed by atoms with van der Waals surface area (Å²) in [6.45, 7) is 3.98. The number of fused-ring (bicyclic) bond motifs is 1. The van der Waals surface area contributed by atoms with Crippen molar-refractivity contribution in [1.82, 2.24) is 25.4 Å². The molecule has 6 heteroatoms. The molecular formula is C14H17N5O. The van der Waals surface area contributed by atoms with Gasteiger partial charge in [-0.2, -0.15) is 4.98 Å². The van der Waals surface area contributed by atoms with Gasteiger partial charge in [-0.1, -0.05) is 17.3 Å². The predicted molar refractivity (Wildman–Crippen MR) is 75.3 cm³/mol. The largest absolute Gasteiger partial charge is 0.342 e. The molecule has 2 aromatic heterocycles. The monoisotopic (exact) mass is 271 g/mol. The lowest BCUT2D eigenvalue weighted by molar-refractivity contribution is 0.279. The number of aromatic amines is 1. The normalized spacial score (nSPS) is 12.2. The van der Waals surface area contributed by atoms with Gasteiger partial charge < -0.3 is 14.8 Å². The number of aromatic nitrogens is 4. The van der Waals surface area contributed by atoms with E-state index in [1.54, 1.807) is 0 Å². The van der Waals surface area contributed by atoms with Crippen molar-refractivity contribution in [2.75, 3.05) is 7.05 Å². The molecule has 20 heavy (non-hydrogen) atoms. The number of benzene rings is 1. The van der Waals surface area contributed by atoms with Crippen LogP contribution in [0.2, 0.25) is 0 Å². The maximum absolute atomic E-state index is 5.30. The van der Waals surface area contributed by atoms with E-state index in [1.165, 1.54) is 0 Å². The van der Waals surface area contributed by atoms with E-state index in [0.717, 1.165) is 16.9 Å². The van der Waals surface area contributed by atoms with Gasteiger partial charge >= 0.3 is 0 Å². The highest BCUT2D eigenvalue weighted by atomic mass is 16.5. The summed E-state index contributed by atoms with van der Waals surface area (Å²) in [4.78, 5) is 12.2. The first-order valence-corrected chi connectivity index (χ1v) is 6.54. The molecule has 0 amide bonds. The third-order valence-electron chi connectivity index (χ3n) is 3.39. The summed E-state index contributed by atoms with van der Waals surface area (Å²) in [6, 6.07) is 7.92. The van der Waals surface area contributed by atoms with Crippen LogP contribution in [0.15, 0.2) is 28.8 Å². The van der Waals surface area contributed by atoms with Gasteiger partial charge in [-0.15, -0.1) is 0 Å². The van der Waals surface area contributed by atoms with Crippen molar-refractivity contribution in [1.29, 1.82) is 0 Å². The Labute approximate surface area is 116 Å². The summed E-state index contributed by atoms with van der Waals surface area (Å²) in [5.41, 5.74) is 1.63. The van der Waals surface area contributed by atoms with E-state index in [1.807, 2.05) is 45.2 Å². The van der Waals surface area contributed by atoms with Crippen LogP contribution in [-0.2, 0) is 12.0 Å². The molecule has 0 aliphatic heterocycles. The van der Waals surface area contributed by atoms with E-state index in [4.69, 9.17) is 4.52 Å². The number of H-pyrrole nitrogens is 1. The van der Waals surface area contributed by atoms with E-state index in [0.29, 0.717) is 18.1 Å². The summed E-state index contributed by atoms with van der Waals surface area (Å²) in [5.74, 6) is 2.04. The summed E-state index contributed by atoms with van der Waals surface area (Å²) >= 11 is 0. The highest BCUT2D eigenvalue weighted by molar-refractivity contribution is 5.74. The van der Waals surface area contributed by atoms with Gasteiger partial charge in [0.1, 0.15) is 5.82 Å². The van der Waals surface area contributed by atoms with Crippen LogP contribution in [0.4, 0.5) is 0 Å². The van der Waals surface area contributed by atoms with Gasteiger partial charge in [0.2, 0.25) is 5.89 Å². The molecule has 0 atom stereocenters. The van der Waals surface area contributed by atoms with Crippen molar-refractivity contribution in [2.45, 2.75) is 25.8 Å². The van der Waals surface area contributed by atoms with Crippen LogP contribution in [0.5, 0.6) is 0 Å². The van der Waals surface area contributed by atoms with Gasteiger partial charge in [-0.05, 0) is 33.0 Å². The number of nitrogens with zero attached hydrogens (tertiary/aromatic N) is 3. The lowest BCUT2D eigenvalue weighted by Gasteiger charge is -2.17. The Bertz CT molecular complexity index is 695. The number of rotatable bonds is 4. The molecule has 0 aliphatic rings. The van der Waals surface area contributed by atoms with Gasteiger partial charge in [-0.25, -0.2) is 4.98 Å². The van der Waals surface area contributed by atoms with Crippen LogP contribution in [0.3, 0.4) is 0 Å². The summed E-state index contributed by atoms with van der Waals surface area (Å²) < 4.78 is 5.30. The minimum atomic E-state index is -0.334. The molecule has 0 unspecified atom stereocenters. The fraction of sp³-hybridized carbons (Fsp3) is 0.357. The maximum atomic E-state index is 5.30. The molecule has 0 saturated heterocycles. The number of imidazole rings is 1. The molecule has 0 radical (unpaired) electrons. The third-order valence-corrected chi connectivity index (χ3v) is 3.39. The van der Waals surface area contributed by atoms with Crippen LogP contribution < -0.4 is 5.32 Å². The fourth-order valence-corrected chi connectivity index (χ4v) is 1.93. The zero-order chi connectivity index (χ0) is 14.2. The van der Waals surface area contributed by atoms with Crippen LogP contribution >= 0.6 is 0 Å². The van der Waals surface area contributed by atoms with Gasteiger partial charge in [0.25, 0.3) is 0 Å². The summed E-state index contributed by atoms with van der Waals surface area (Å²) in [7, 11) is 1.86. The molecular weight excluding hydrogens is 254 g/mol. The second-order valence-corrected chi connectivity index (χ2v) is 5.27. The highest BCUT2D eigenvalue weighted by Gasteiger charge is 2.25. The van der Waals surface area contributed by atoms with Gasteiger partial charge in [0, 0.05) is 0 Å². The molecule has 0 bridgehead atoms. The summed E-state index contributed by atoms with van der Waals surface area (Å²) in [6.07, 6.45) is 0.526. The molecule has 3 rings (SSSR count). The molecule has 2 heterocycles. The first-order valence-electron chi connectivity index (χ1n) is 6.54. The SMILES string of the molecule is CNC(C)(C)c1nc(Cc2nc3ccccc3[nH]2)no1. The number of hydrogen-bond donors (Lipinski definition) is 2. The Morgan fingerprint density at radius 2 is 2.05 bits per heavy atom. The zero-order valence-electron chi connectivity index (χ0n) is 11.8. The first-order chi connectivity index (χ1) is 9.58. The molecule has 0 saturated carbocycles. The Kier molecular flexibility index (Phi) is 3.02. The van der Waals surface area contributed by atoms with Crippen molar-refractivity contribution < 1.29 is 4.52 Å². The molecule has 2 N–H and O–H groups in total. The molecule has 104 valence electrons. The Morgan fingerprint density at radius 1 is 1.25 bits per heavy atom. The van der Waals surface area contributed by atoms with Crippen LogP contribution in [0, 0.1) is 0 Å². The Balaban J connectivity index is 1.84. The van der Waals surface area contributed by atoms with Crippen molar-refractivity contribution >= 4 is 11.0 Å². The van der Waals surface area contributed by atoms with Crippen molar-refractivity contribution in [3.05, 3.63) is 41.8 Å². The number of hydrogen-bond acceptors (Lipinski definition) is 5. The van der Waals surface area contributed by atoms with Crippen molar-refractivity contribution in [3.8, 4) is 0 Å². The second kappa shape index (κ2) is 4.72. The van der Waals surface area contributed by atoms with Crippen LogP contribution in [0.1, 0.15) is 31.4 Å². The number of nitrogens with one attached hydrogen (secondary N) is 2. The van der Waals surface area contributed by atoms with Gasteiger partial charge in [0.15, 0.2) is 5.82 Å².